The van der Waals surface area contributed by atoms with Gasteiger partial charge in [0.25, 0.3) is 0 Å². The number of benzene rings is 1. The summed E-state index contributed by atoms with van der Waals surface area (Å²) >= 11 is 5.33. The molecule has 0 aliphatic carbocycles. The summed E-state index contributed by atoms with van der Waals surface area (Å²) in [5.41, 5.74) is 2.65. The normalized spacial score (nSPS) is 11.0. The first-order valence-corrected chi connectivity index (χ1v) is 6.37. The van der Waals surface area contributed by atoms with Gasteiger partial charge in [0.15, 0.2) is 4.77 Å². The Morgan fingerprint density at radius 3 is 2.94 bits per heavy atom. The summed E-state index contributed by atoms with van der Waals surface area (Å²) in [5, 5.41) is 8.95. The Hall–Kier alpha value is -1.64. The number of aromatic nitrogens is 2. The lowest BCUT2D eigenvalue weighted by atomic mass is 10.2. The van der Waals surface area contributed by atoms with Gasteiger partial charge >= 0.3 is 0 Å². The van der Waals surface area contributed by atoms with Crippen LogP contribution in [0.4, 0.5) is 0 Å². The zero-order valence-electron chi connectivity index (χ0n) is 10.6. The molecule has 0 aliphatic rings. The predicted octanol–water partition coefficient (Wildman–Crippen LogP) is 2.52. The molecule has 1 heterocycles. The van der Waals surface area contributed by atoms with Crippen LogP contribution in [0.1, 0.15) is 12.5 Å². The molecule has 0 fully saturated rings. The van der Waals surface area contributed by atoms with Crippen molar-refractivity contribution in [1.29, 1.82) is 5.26 Å². The molecule has 18 heavy (non-hydrogen) atoms. The molecule has 1 N–H and O–H groups in total. The SMILES string of the molecule is CCN(C)CCn1c(=S)[nH]c2ccc(C#N)cc21. The molecule has 0 radical (unpaired) electrons. The highest BCUT2D eigenvalue weighted by molar-refractivity contribution is 7.71. The summed E-state index contributed by atoms with van der Waals surface area (Å²) < 4.78 is 2.77. The molecule has 1 aromatic carbocycles. The molecule has 2 aromatic rings. The minimum absolute atomic E-state index is 0.661. The predicted molar refractivity (Wildman–Crippen MR) is 75.0 cm³/mol. The Labute approximate surface area is 111 Å². The fraction of sp³-hybridized carbons (Fsp3) is 0.385. The summed E-state index contributed by atoms with van der Waals surface area (Å²) in [7, 11) is 2.08. The lowest BCUT2D eigenvalue weighted by molar-refractivity contribution is 0.336. The fourth-order valence-electron chi connectivity index (χ4n) is 1.87. The molecular weight excluding hydrogens is 244 g/mol. The van der Waals surface area contributed by atoms with Crippen LogP contribution in [-0.2, 0) is 6.54 Å². The van der Waals surface area contributed by atoms with Gasteiger partial charge in [-0.05, 0) is 44.0 Å². The van der Waals surface area contributed by atoms with E-state index in [2.05, 4.69) is 34.5 Å². The van der Waals surface area contributed by atoms with Gasteiger partial charge in [-0.2, -0.15) is 5.26 Å². The van der Waals surface area contributed by atoms with Gasteiger partial charge in [-0.25, -0.2) is 0 Å². The van der Waals surface area contributed by atoms with Gasteiger partial charge in [0.1, 0.15) is 0 Å². The standard InChI is InChI=1S/C13H16N4S/c1-3-16(2)6-7-17-12-8-10(9-14)4-5-11(12)15-13(17)18/h4-5,8H,3,6-7H2,1-2H3,(H,15,18). The van der Waals surface area contributed by atoms with Gasteiger partial charge in [-0.15, -0.1) is 0 Å². The van der Waals surface area contributed by atoms with Crippen molar-refractivity contribution in [3.8, 4) is 6.07 Å². The zero-order valence-corrected chi connectivity index (χ0v) is 11.4. The second kappa shape index (κ2) is 5.34. The zero-order chi connectivity index (χ0) is 13.1. The van der Waals surface area contributed by atoms with Crippen LogP contribution in [0.5, 0.6) is 0 Å². The molecule has 0 spiro atoms. The minimum Gasteiger partial charge on any atom is -0.331 e. The van der Waals surface area contributed by atoms with Gasteiger partial charge in [0.05, 0.1) is 22.7 Å². The number of nitriles is 1. The lowest BCUT2D eigenvalue weighted by Crippen LogP contribution is -2.22. The number of fused-ring (bicyclic) bond motifs is 1. The average molecular weight is 260 g/mol. The number of likely N-dealkylation sites (N-methyl/N-ethyl adjacent to an activating group) is 1. The highest BCUT2D eigenvalue weighted by atomic mass is 32.1. The van der Waals surface area contributed by atoms with Gasteiger partial charge in [0.2, 0.25) is 0 Å². The molecule has 0 aliphatic heterocycles. The molecule has 5 heteroatoms. The number of aromatic amines is 1. The van der Waals surface area contributed by atoms with E-state index in [9.17, 15) is 0 Å². The van der Waals surface area contributed by atoms with Gasteiger partial charge in [0, 0.05) is 13.1 Å². The quantitative estimate of drug-likeness (QED) is 0.859. The van der Waals surface area contributed by atoms with E-state index in [1.165, 1.54) is 0 Å². The number of imidazole rings is 1. The fourth-order valence-corrected chi connectivity index (χ4v) is 2.17. The van der Waals surface area contributed by atoms with Crippen LogP contribution in [0.15, 0.2) is 18.2 Å². The smallest absolute Gasteiger partial charge is 0.178 e. The maximum Gasteiger partial charge on any atom is 0.178 e. The molecule has 0 saturated carbocycles. The van der Waals surface area contributed by atoms with E-state index in [-0.39, 0.29) is 0 Å². The van der Waals surface area contributed by atoms with Crippen LogP contribution in [0.3, 0.4) is 0 Å². The highest BCUT2D eigenvalue weighted by Gasteiger charge is 2.06. The van der Waals surface area contributed by atoms with E-state index in [1.54, 1.807) is 6.07 Å². The maximum absolute atomic E-state index is 8.95. The van der Waals surface area contributed by atoms with E-state index in [1.807, 2.05) is 12.1 Å². The Balaban J connectivity index is 2.40. The van der Waals surface area contributed by atoms with E-state index in [4.69, 9.17) is 17.5 Å². The first kappa shape index (κ1) is 12.8. The van der Waals surface area contributed by atoms with Crippen LogP contribution in [0, 0.1) is 16.1 Å². The van der Waals surface area contributed by atoms with E-state index in [0.29, 0.717) is 10.3 Å². The Morgan fingerprint density at radius 2 is 2.28 bits per heavy atom. The number of hydrogen-bond donors (Lipinski definition) is 1. The molecule has 0 atom stereocenters. The lowest BCUT2D eigenvalue weighted by Gasteiger charge is -2.14. The van der Waals surface area contributed by atoms with Crippen molar-refractivity contribution in [2.45, 2.75) is 13.5 Å². The number of nitrogens with one attached hydrogen (secondary N) is 1. The van der Waals surface area contributed by atoms with Crippen molar-refractivity contribution in [3.05, 3.63) is 28.5 Å². The number of rotatable bonds is 4. The second-order valence-corrected chi connectivity index (χ2v) is 4.71. The number of nitrogens with zero attached hydrogens (tertiary/aromatic N) is 3. The van der Waals surface area contributed by atoms with E-state index >= 15 is 0 Å². The molecule has 94 valence electrons. The van der Waals surface area contributed by atoms with Crippen molar-refractivity contribution in [1.82, 2.24) is 14.5 Å². The van der Waals surface area contributed by atoms with E-state index in [0.717, 1.165) is 30.7 Å². The first-order valence-electron chi connectivity index (χ1n) is 5.97. The molecule has 4 nitrogen and oxygen atoms in total. The van der Waals surface area contributed by atoms with Crippen molar-refractivity contribution in [2.24, 2.45) is 0 Å². The number of H-pyrrole nitrogens is 1. The summed E-state index contributed by atoms with van der Waals surface area (Å²) in [6.07, 6.45) is 0. The van der Waals surface area contributed by atoms with Crippen LogP contribution in [0.25, 0.3) is 11.0 Å². The third-order valence-corrected chi connectivity index (χ3v) is 3.47. The molecular formula is C13H16N4S. The van der Waals surface area contributed by atoms with Crippen LogP contribution in [0.2, 0.25) is 0 Å². The Kier molecular flexibility index (Phi) is 3.80. The molecule has 0 unspecified atom stereocenters. The van der Waals surface area contributed by atoms with Crippen molar-refractivity contribution in [2.75, 3.05) is 20.1 Å². The maximum atomic E-state index is 8.95. The molecule has 0 bridgehead atoms. The Morgan fingerprint density at radius 1 is 1.50 bits per heavy atom. The third kappa shape index (κ3) is 2.45. The van der Waals surface area contributed by atoms with Crippen LogP contribution >= 0.6 is 12.2 Å². The van der Waals surface area contributed by atoms with Crippen molar-refractivity contribution < 1.29 is 0 Å². The largest absolute Gasteiger partial charge is 0.331 e. The molecule has 1 aromatic heterocycles. The first-order chi connectivity index (χ1) is 8.65. The summed E-state index contributed by atoms with van der Waals surface area (Å²) in [5.74, 6) is 0. The molecule has 2 rings (SSSR count). The highest BCUT2D eigenvalue weighted by Crippen LogP contribution is 2.16. The summed E-state index contributed by atoms with van der Waals surface area (Å²) in [6.45, 7) is 4.91. The monoisotopic (exact) mass is 260 g/mol. The minimum atomic E-state index is 0.661. The van der Waals surface area contributed by atoms with Crippen molar-refractivity contribution in [3.63, 3.8) is 0 Å². The van der Waals surface area contributed by atoms with Crippen LogP contribution < -0.4 is 0 Å². The summed E-state index contributed by atoms with van der Waals surface area (Å²) in [4.78, 5) is 5.40. The van der Waals surface area contributed by atoms with Gasteiger partial charge in [-0.3, -0.25) is 0 Å². The average Bonchev–Trinajstić information content (AvgIpc) is 2.70. The van der Waals surface area contributed by atoms with Crippen molar-refractivity contribution >= 4 is 23.3 Å². The summed E-state index contributed by atoms with van der Waals surface area (Å²) in [6, 6.07) is 7.75. The molecule has 0 saturated heterocycles. The topological polar surface area (TPSA) is 47.8 Å². The van der Waals surface area contributed by atoms with Gasteiger partial charge in [-0.1, -0.05) is 6.92 Å². The third-order valence-electron chi connectivity index (χ3n) is 3.15. The Bertz CT molecular complexity index is 647. The van der Waals surface area contributed by atoms with Crippen LogP contribution in [-0.4, -0.2) is 34.6 Å². The molecule has 0 amide bonds. The number of hydrogen-bond acceptors (Lipinski definition) is 3. The van der Waals surface area contributed by atoms with E-state index < -0.39 is 0 Å². The van der Waals surface area contributed by atoms with Gasteiger partial charge < -0.3 is 14.5 Å². The second-order valence-electron chi connectivity index (χ2n) is 4.32.